The van der Waals surface area contributed by atoms with Crippen molar-refractivity contribution in [3.8, 4) is 0 Å². The molecule has 0 aliphatic heterocycles. The van der Waals surface area contributed by atoms with Crippen LogP contribution in [0.15, 0.2) is 64.2 Å². The molecule has 27 heavy (non-hydrogen) atoms. The second-order valence-corrected chi connectivity index (χ2v) is 8.74. The highest BCUT2D eigenvalue weighted by Gasteiger charge is 2.15. The Morgan fingerprint density at radius 3 is 2.48 bits per heavy atom. The number of anilines is 1. The van der Waals surface area contributed by atoms with Gasteiger partial charge >= 0.3 is 0 Å². The Morgan fingerprint density at radius 2 is 1.85 bits per heavy atom. The molecular weight excluding hydrogens is 387 g/mol. The predicted molar refractivity (Wildman–Crippen MR) is 104 cm³/mol. The van der Waals surface area contributed by atoms with Crippen LogP contribution in [-0.4, -0.2) is 14.3 Å². The Hall–Kier alpha value is -2.71. The van der Waals surface area contributed by atoms with Gasteiger partial charge in [0.15, 0.2) is 0 Å². The van der Waals surface area contributed by atoms with Gasteiger partial charge in [-0.2, -0.15) is 0 Å². The highest BCUT2D eigenvalue weighted by atomic mass is 32.2. The van der Waals surface area contributed by atoms with E-state index in [0.29, 0.717) is 22.4 Å². The lowest BCUT2D eigenvalue weighted by Gasteiger charge is -2.09. The van der Waals surface area contributed by atoms with E-state index in [0.717, 1.165) is 11.3 Å². The number of aryl methyl sites for hydroxylation is 1. The monoisotopic (exact) mass is 404 g/mol. The average molecular weight is 404 g/mol. The molecule has 0 aliphatic carbocycles. The van der Waals surface area contributed by atoms with Crippen LogP contribution >= 0.6 is 11.3 Å². The van der Waals surface area contributed by atoms with Crippen molar-refractivity contribution in [2.45, 2.75) is 17.7 Å². The quantitative estimate of drug-likeness (QED) is 0.654. The summed E-state index contributed by atoms with van der Waals surface area (Å²) in [6.07, 6.45) is 0. The molecule has 2 aromatic carbocycles. The summed E-state index contributed by atoms with van der Waals surface area (Å²) in [5.74, 6) is -0.646. The molecule has 5 nitrogen and oxygen atoms in total. The molecule has 1 aromatic heterocycles. The molecule has 8 heteroatoms. The number of carbonyl (C=O) groups excluding carboxylic acids is 1. The number of hydrogen-bond donors (Lipinski definition) is 2. The topological polar surface area (TPSA) is 75.3 Å². The van der Waals surface area contributed by atoms with Crippen LogP contribution in [0.4, 0.5) is 10.1 Å². The van der Waals surface area contributed by atoms with Gasteiger partial charge in [-0.15, -0.1) is 11.3 Å². The number of amides is 1. The fourth-order valence-electron chi connectivity index (χ4n) is 2.34. The van der Waals surface area contributed by atoms with Gasteiger partial charge in [-0.05, 0) is 59.8 Å². The third kappa shape index (κ3) is 4.72. The summed E-state index contributed by atoms with van der Waals surface area (Å²) in [6.45, 7) is 1.87. The van der Waals surface area contributed by atoms with Crippen molar-refractivity contribution in [2.24, 2.45) is 0 Å². The van der Waals surface area contributed by atoms with Crippen LogP contribution in [0.25, 0.3) is 0 Å². The molecule has 0 saturated carbocycles. The summed E-state index contributed by atoms with van der Waals surface area (Å²) in [5.41, 5.74) is 1.94. The maximum absolute atomic E-state index is 13.5. The van der Waals surface area contributed by atoms with Gasteiger partial charge in [-0.25, -0.2) is 12.8 Å². The fourth-order valence-corrected chi connectivity index (χ4v) is 4.39. The minimum Gasteiger partial charge on any atom is -0.348 e. The van der Waals surface area contributed by atoms with Crippen molar-refractivity contribution in [1.29, 1.82) is 0 Å². The lowest BCUT2D eigenvalue weighted by atomic mass is 10.1. The van der Waals surface area contributed by atoms with Crippen molar-refractivity contribution >= 4 is 33.0 Å². The number of halogens is 1. The van der Waals surface area contributed by atoms with Crippen LogP contribution in [-0.2, 0) is 16.6 Å². The molecule has 0 atom stereocenters. The number of nitrogens with one attached hydrogen (secondary N) is 2. The van der Waals surface area contributed by atoms with E-state index >= 15 is 0 Å². The van der Waals surface area contributed by atoms with E-state index in [1.165, 1.54) is 36.4 Å². The van der Waals surface area contributed by atoms with E-state index in [9.17, 15) is 17.6 Å². The molecule has 0 unspecified atom stereocenters. The molecule has 0 spiro atoms. The van der Waals surface area contributed by atoms with Crippen LogP contribution in [0.3, 0.4) is 0 Å². The Bertz CT molecular complexity index is 1050. The van der Waals surface area contributed by atoms with Crippen LogP contribution in [0.1, 0.15) is 21.5 Å². The fraction of sp³-hybridized carbons (Fsp3) is 0.105. The smallest absolute Gasteiger partial charge is 0.271 e. The zero-order chi connectivity index (χ0) is 19.4. The molecule has 3 rings (SSSR count). The van der Waals surface area contributed by atoms with Gasteiger partial charge in [0.25, 0.3) is 15.9 Å². The van der Waals surface area contributed by atoms with Crippen LogP contribution in [0.5, 0.6) is 0 Å². The van der Waals surface area contributed by atoms with E-state index in [4.69, 9.17) is 0 Å². The third-order valence-electron chi connectivity index (χ3n) is 3.85. The maximum atomic E-state index is 13.5. The lowest BCUT2D eigenvalue weighted by molar-refractivity contribution is 0.0951. The van der Waals surface area contributed by atoms with E-state index in [1.807, 2.05) is 0 Å². The Labute approximate surface area is 160 Å². The van der Waals surface area contributed by atoms with Crippen LogP contribution in [0, 0.1) is 12.7 Å². The number of benzene rings is 2. The summed E-state index contributed by atoms with van der Waals surface area (Å²) in [6, 6.07) is 14.1. The van der Waals surface area contributed by atoms with Crippen molar-refractivity contribution in [2.75, 3.05) is 4.72 Å². The standard InChI is InChI=1S/C19H17FN2O3S2/c1-13-4-5-14(11-17(13)20)12-21-19(23)15-6-8-16(9-7-15)22-27(24,25)18-3-2-10-26-18/h2-11,22H,12H2,1H3,(H,21,23). The summed E-state index contributed by atoms with van der Waals surface area (Å²) in [7, 11) is -3.62. The Balaban J connectivity index is 1.62. The minimum absolute atomic E-state index is 0.197. The van der Waals surface area contributed by atoms with Gasteiger partial charge in [-0.1, -0.05) is 18.2 Å². The Kier molecular flexibility index (Phi) is 5.57. The van der Waals surface area contributed by atoms with Gasteiger partial charge in [0.1, 0.15) is 10.0 Å². The zero-order valence-corrected chi connectivity index (χ0v) is 16.0. The molecule has 1 heterocycles. The summed E-state index contributed by atoms with van der Waals surface area (Å²) in [5, 5.41) is 4.39. The first-order chi connectivity index (χ1) is 12.8. The molecule has 0 radical (unpaired) electrons. The number of carbonyl (C=O) groups is 1. The number of sulfonamides is 1. The average Bonchev–Trinajstić information content (AvgIpc) is 3.18. The first-order valence-corrected chi connectivity index (χ1v) is 10.4. The molecule has 0 bridgehead atoms. The normalized spacial score (nSPS) is 11.2. The van der Waals surface area contributed by atoms with Gasteiger partial charge in [-0.3, -0.25) is 9.52 Å². The van der Waals surface area contributed by atoms with Crippen LogP contribution < -0.4 is 10.0 Å². The van der Waals surface area contributed by atoms with E-state index < -0.39 is 10.0 Å². The number of thiophene rings is 1. The molecule has 2 N–H and O–H groups in total. The van der Waals surface area contributed by atoms with Gasteiger partial charge in [0.2, 0.25) is 0 Å². The minimum atomic E-state index is -3.62. The molecule has 0 saturated heterocycles. The first-order valence-electron chi connectivity index (χ1n) is 8.05. The summed E-state index contributed by atoms with van der Waals surface area (Å²) >= 11 is 1.12. The van der Waals surface area contributed by atoms with Crippen molar-refractivity contribution in [1.82, 2.24) is 5.32 Å². The van der Waals surface area contributed by atoms with Gasteiger partial charge in [0.05, 0.1) is 0 Å². The lowest BCUT2D eigenvalue weighted by Crippen LogP contribution is -2.22. The molecule has 0 aliphatic rings. The highest BCUT2D eigenvalue weighted by Crippen LogP contribution is 2.20. The third-order valence-corrected chi connectivity index (χ3v) is 6.63. The molecule has 3 aromatic rings. The molecule has 140 valence electrons. The van der Waals surface area contributed by atoms with Gasteiger partial charge in [0, 0.05) is 17.8 Å². The molecule has 1 amide bonds. The summed E-state index contributed by atoms with van der Waals surface area (Å²) < 4.78 is 40.6. The largest absolute Gasteiger partial charge is 0.348 e. The SMILES string of the molecule is Cc1ccc(CNC(=O)c2ccc(NS(=O)(=O)c3cccs3)cc2)cc1F. The van der Waals surface area contributed by atoms with Gasteiger partial charge < -0.3 is 5.32 Å². The van der Waals surface area contributed by atoms with E-state index in [2.05, 4.69) is 10.0 Å². The second-order valence-electron chi connectivity index (χ2n) is 5.88. The van der Waals surface area contributed by atoms with Crippen LogP contribution in [0.2, 0.25) is 0 Å². The molecular formula is C19H17FN2O3S2. The van der Waals surface area contributed by atoms with Crippen molar-refractivity contribution < 1.29 is 17.6 Å². The zero-order valence-electron chi connectivity index (χ0n) is 14.4. The second kappa shape index (κ2) is 7.89. The summed E-state index contributed by atoms with van der Waals surface area (Å²) in [4.78, 5) is 12.2. The van der Waals surface area contributed by atoms with Crippen molar-refractivity contribution in [3.63, 3.8) is 0 Å². The highest BCUT2D eigenvalue weighted by molar-refractivity contribution is 7.94. The van der Waals surface area contributed by atoms with E-state index in [1.54, 1.807) is 30.5 Å². The Morgan fingerprint density at radius 1 is 1.11 bits per heavy atom. The number of rotatable bonds is 6. The first kappa shape index (κ1) is 19.1. The predicted octanol–water partition coefficient (Wildman–Crippen LogP) is 3.93. The maximum Gasteiger partial charge on any atom is 0.271 e. The van der Waals surface area contributed by atoms with Crippen molar-refractivity contribution in [3.05, 3.63) is 82.5 Å². The van der Waals surface area contributed by atoms with E-state index in [-0.39, 0.29) is 22.5 Å². The molecule has 0 fully saturated rings. The number of hydrogen-bond acceptors (Lipinski definition) is 4.